The number of hydrogen-bond donors (Lipinski definition) is 3. The van der Waals surface area contributed by atoms with Gasteiger partial charge in [0.25, 0.3) is 21.6 Å². The van der Waals surface area contributed by atoms with E-state index in [1.54, 1.807) is 12.3 Å². The quantitative estimate of drug-likeness (QED) is 0.0735. The fourth-order valence-electron chi connectivity index (χ4n) is 12.7. The molecule has 0 radical (unpaired) electrons. The number of aromatic nitrogens is 3. The number of pyridine rings is 2. The third-order valence-electron chi connectivity index (χ3n) is 17.0. The molecule has 404 valence electrons. The highest BCUT2D eigenvalue weighted by atomic mass is 32.2. The number of amides is 1. The number of hydrogen-bond acceptors (Lipinski definition) is 15. The maximum atomic E-state index is 14.7. The number of carbonyl (C=O) groups is 1. The van der Waals surface area contributed by atoms with E-state index in [1.807, 2.05) is 23.1 Å². The van der Waals surface area contributed by atoms with Crippen molar-refractivity contribution in [1.29, 1.82) is 0 Å². The zero-order valence-electron chi connectivity index (χ0n) is 42.8. The summed E-state index contributed by atoms with van der Waals surface area (Å²) < 4.78 is 76.5. The summed E-state index contributed by atoms with van der Waals surface area (Å²) in [6.07, 6.45) is 8.85. The van der Waals surface area contributed by atoms with Crippen LogP contribution in [-0.4, -0.2) is 128 Å². The molecular weight excluding hydrogens is 1010 g/mol. The molecule has 12 rings (SSSR count). The number of H-pyrrole nitrogens is 1. The molecule has 21 heteroatoms. The molecule has 18 nitrogen and oxygen atoms in total. The number of piperazine rings is 1. The second-order valence-corrected chi connectivity index (χ2v) is 23.4. The molecule has 0 bridgehead atoms. The Bertz CT molecular complexity index is 3320. The van der Waals surface area contributed by atoms with Crippen LogP contribution < -0.4 is 24.6 Å². The first-order valence-electron chi connectivity index (χ1n) is 26.7. The van der Waals surface area contributed by atoms with Crippen LogP contribution in [0.3, 0.4) is 0 Å². The summed E-state index contributed by atoms with van der Waals surface area (Å²) >= 11 is 0. The van der Waals surface area contributed by atoms with Crippen LogP contribution in [0.5, 0.6) is 5.88 Å². The summed E-state index contributed by atoms with van der Waals surface area (Å²) in [6, 6.07) is 22.2. The van der Waals surface area contributed by atoms with Gasteiger partial charge < -0.3 is 34.3 Å². The Hall–Kier alpha value is -6.78. The Morgan fingerprint density at radius 1 is 0.922 bits per heavy atom. The molecule has 6 aliphatic rings. The number of rotatable bonds is 13. The summed E-state index contributed by atoms with van der Waals surface area (Å²) in [5.74, 6) is -1.42. The van der Waals surface area contributed by atoms with Gasteiger partial charge in [-0.2, -0.15) is 4.98 Å². The molecule has 0 unspecified atom stereocenters. The number of aryl methyl sites for hydroxylation is 1. The van der Waals surface area contributed by atoms with Crippen molar-refractivity contribution in [3.05, 3.63) is 135 Å². The highest BCUT2D eigenvalue weighted by molar-refractivity contribution is 7.90. The van der Waals surface area contributed by atoms with Gasteiger partial charge in [0.15, 0.2) is 11.6 Å². The van der Waals surface area contributed by atoms with Gasteiger partial charge in [0.05, 0.1) is 33.7 Å². The van der Waals surface area contributed by atoms with E-state index < -0.39 is 49.2 Å². The average molecular weight is 1070 g/mol. The minimum atomic E-state index is -4.66. The second-order valence-electron chi connectivity index (χ2n) is 21.7. The number of nitro groups is 1. The van der Waals surface area contributed by atoms with E-state index >= 15 is 0 Å². The molecule has 6 aromatic rings. The highest BCUT2D eigenvalue weighted by Crippen LogP contribution is 2.54. The molecule has 3 N–H and O–H groups in total. The number of sulfonamides is 1. The Morgan fingerprint density at radius 3 is 2.52 bits per heavy atom. The van der Waals surface area contributed by atoms with Crippen LogP contribution in [0.1, 0.15) is 78.0 Å². The van der Waals surface area contributed by atoms with Crippen LogP contribution in [0.2, 0.25) is 0 Å². The Morgan fingerprint density at radius 2 is 1.73 bits per heavy atom. The predicted molar refractivity (Wildman–Crippen MR) is 285 cm³/mol. The summed E-state index contributed by atoms with van der Waals surface area (Å²) in [7, 11) is -4.66. The van der Waals surface area contributed by atoms with Gasteiger partial charge in [-0.05, 0) is 116 Å². The number of nitrogens with one attached hydrogen (secondary N) is 3. The van der Waals surface area contributed by atoms with Crippen molar-refractivity contribution in [2.24, 2.45) is 11.3 Å². The van der Waals surface area contributed by atoms with Gasteiger partial charge in [-0.1, -0.05) is 30.3 Å². The molecule has 1 aliphatic carbocycles. The topological polar surface area (TPSA) is 201 Å². The normalized spacial score (nSPS) is 22.2. The van der Waals surface area contributed by atoms with Crippen LogP contribution in [0.4, 0.5) is 37.3 Å². The minimum absolute atomic E-state index is 0.0164. The highest BCUT2D eigenvalue weighted by Gasteiger charge is 2.50. The summed E-state index contributed by atoms with van der Waals surface area (Å²) in [4.78, 5) is 48.1. The van der Waals surface area contributed by atoms with Crippen molar-refractivity contribution >= 4 is 55.5 Å². The Kier molecular flexibility index (Phi) is 13.8. The number of fused-ring (bicyclic) bond motifs is 3. The summed E-state index contributed by atoms with van der Waals surface area (Å²) in [6.45, 7) is 8.94. The molecule has 8 heterocycles. The van der Waals surface area contributed by atoms with E-state index in [0.29, 0.717) is 87.2 Å². The lowest BCUT2D eigenvalue weighted by molar-refractivity contribution is -0.384. The molecule has 5 fully saturated rings. The van der Waals surface area contributed by atoms with Crippen LogP contribution in [0, 0.1) is 40.0 Å². The molecule has 5 aliphatic heterocycles. The standard InChI is InChI=1S/C56H62F2N10O8S/c1-35-4-2-3-5-41(35)50-33-64(32-37-6-8-43(57)44(58)24-37)19-20-66(50)39-28-56(29-39)14-17-65(18-15-56)52-27-47(67-46-13-23-75-34-51(46)76-55-49(67)25-38-10-16-59-53(38)62-55)42(31-61-52)54(69)63-77(72,73)40-7-9-45(48(26-40)68(70)71)60-30-36-11-21-74-22-12-36/h2-10,16,24-27,31,36,39,46,50-51,60H,11-15,17-23,28-30,32-34H2,1H3,(H,59,62)(H,63,69)/t46-,50-,51-/m0/s1. The molecule has 1 saturated carbocycles. The SMILES string of the molecule is Cc1ccccc1[C@@H]1CN(Cc2ccc(F)c(F)c2)CCN1C1CC2(CCN(c3cc(N4c5cc6cc[nH]c6nc5O[C@H]5COCC[C@@H]54)c(C(=O)NS(=O)(=O)c4ccc(NCC5CCOCC5)c([N+](=O)[O-])c4)cn3)CC2)C1. The molecule has 1 spiro atoms. The monoisotopic (exact) mass is 1070 g/mol. The van der Waals surface area contributed by atoms with E-state index in [1.165, 1.54) is 41.6 Å². The molecule has 4 saturated heterocycles. The second kappa shape index (κ2) is 20.9. The number of benzene rings is 3. The van der Waals surface area contributed by atoms with Crippen LogP contribution in [0.15, 0.2) is 96.2 Å². The van der Waals surface area contributed by atoms with Gasteiger partial charge in [0.1, 0.15) is 28.9 Å². The maximum absolute atomic E-state index is 14.7. The molecular formula is C56H62F2N10O8S. The lowest BCUT2D eigenvalue weighted by atomic mass is 9.59. The van der Waals surface area contributed by atoms with Crippen molar-refractivity contribution < 1.29 is 41.1 Å². The van der Waals surface area contributed by atoms with Crippen molar-refractivity contribution in [3.8, 4) is 5.88 Å². The third-order valence-corrected chi connectivity index (χ3v) is 18.3. The van der Waals surface area contributed by atoms with E-state index in [4.69, 9.17) is 24.2 Å². The van der Waals surface area contributed by atoms with E-state index in [-0.39, 0.29) is 41.3 Å². The van der Waals surface area contributed by atoms with E-state index in [0.717, 1.165) is 75.2 Å². The van der Waals surface area contributed by atoms with Gasteiger partial charge in [0, 0.05) is 108 Å². The largest absolute Gasteiger partial charge is 0.468 e. The molecule has 3 aromatic heterocycles. The number of aromatic amines is 1. The van der Waals surface area contributed by atoms with E-state index in [2.05, 4.69) is 60.9 Å². The first-order chi connectivity index (χ1) is 37.3. The summed E-state index contributed by atoms with van der Waals surface area (Å²) in [5, 5.41) is 16.3. The molecule has 1 amide bonds. The average Bonchev–Trinajstić information content (AvgIpc) is 3.96. The smallest absolute Gasteiger partial charge is 0.293 e. The van der Waals surface area contributed by atoms with Gasteiger partial charge in [0.2, 0.25) is 5.88 Å². The predicted octanol–water partition coefficient (Wildman–Crippen LogP) is 8.41. The fraction of sp³-hybridized carbons (Fsp3) is 0.446. The van der Waals surface area contributed by atoms with Crippen molar-refractivity contribution in [2.75, 3.05) is 80.8 Å². The first kappa shape index (κ1) is 51.0. The lowest BCUT2D eigenvalue weighted by Gasteiger charge is -2.58. The number of halogens is 2. The van der Waals surface area contributed by atoms with Crippen molar-refractivity contribution in [3.63, 3.8) is 0 Å². The number of nitrogens with zero attached hydrogens (tertiary/aromatic N) is 7. The van der Waals surface area contributed by atoms with E-state index in [9.17, 15) is 32.1 Å². The van der Waals surface area contributed by atoms with Crippen LogP contribution >= 0.6 is 0 Å². The van der Waals surface area contributed by atoms with Gasteiger partial charge in [-0.3, -0.25) is 24.7 Å². The lowest BCUT2D eigenvalue weighted by Crippen LogP contribution is -2.60. The fourth-order valence-corrected chi connectivity index (χ4v) is 13.7. The molecule has 77 heavy (non-hydrogen) atoms. The van der Waals surface area contributed by atoms with Gasteiger partial charge in [-0.25, -0.2) is 26.9 Å². The van der Waals surface area contributed by atoms with Crippen molar-refractivity contribution in [2.45, 2.75) is 87.5 Å². The number of ether oxygens (including phenoxy) is 3. The Balaban J connectivity index is 0.802. The van der Waals surface area contributed by atoms with Crippen molar-refractivity contribution in [1.82, 2.24) is 29.5 Å². The Labute approximate surface area is 445 Å². The van der Waals surface area contributed by atoms with Crippen LogP contribution in [-0.2, 0) is 26.0 Å². The van der Waals surface area contributed by atoms with Crippen LogP contribution in [0.25, 0.3) is 11.0 Å². The zero-order valence-corrected chi connectivity index (χ0v) is 43.7. The molecule has 3 atom stereocenters. The number of piperidine rings is 1. The minimum Gasteiger partial charge on any atom is -0.468 e. The molecule has 3 aromatic carbocycles. The zero-order chi connectivity index (χ0) is 53.0. The third kappa shape index (κ3) is 10.2. The van der Waals surface area contributed by atoms with Gasteiger partial charge in [-0.15, -0.1) is 0 Å². The number of carbonyl (C=O) groups excluding carboxylic acids is 1. The summed E-state index contributed by atoms with van der Waals surface area (Å²) in [5.41, 5.74) is 4.76. The first-order valence-corrected chi connectivity index (χ1v) is 28.2. The number of nitro benzene ring substituents is 1. The number of anilines is 4. The van der Waals surface area contributed by atoms with Gasteiger partial charge >= 0.3 is 0 Å². The maximum Gasteiger partial charge on any atom is 0.293 e.